The van der Waals surface area contributed by atoms with E-state index in [4.69, 9.17) is 11.5 Å². The Bertz CT molecular complexity index is 190. The second kappa shape index (κ2) is 2.61. The van der Waals surface area contributed by atoms with Crippen LogP contribution in [0.1, 0.15) is 26.7 Å². The monoisotopic (exact) mass is 152 g/mol. The third-order valence-electron chi connectivity index (χ3n) is 2.08. The van der Waals surface area contributed by atoms with Gasteiger partial charge in [0.05, 0.1) is 11.4 Å². The van der Waals surface area contributed by atoms with Crippen molar-refractivity contribution in [1.82, 2.24) is 0 Å². The average Bonchev–Trinajstić information content (AvgIpc) is 2.03. The van der Waals surface area contributed by atoms with Crippen LogP contribution >= 0.6 is 0 Å². The molecular weight excluding hydrogens is 136 g/mol. The molecule has 0 spiro atoms. The van der Waals surface area contributed by atoms with Crippen molar-refractivity contribution >= 4 is 0 Å². The lowest BCUT2D eigenvalue weighted by molar-refractivity contribution is 0.378. The second-order valence-electron chi connectivity index (χ2n) is 3.89. The smallest absolute Gasteiger partial charge is 0.0504 e. The maximum absolute atomic E-state index is 5.67. The Hall–Kier alpha value is -0.920. The lowest BCUT2D eigenvalue weighted by Crippen LogP contribution is -2.07. The van der Waals surface area contributed by atoms with E-state index >= 15 is 0 Å². The third-order valence-corrected chi connectivity index (χ3v) is 2.08. The molecule has 1 aliphatic rings. The summed E-state index contributed by atoms with van der Waals surface area (Å²) in [6, 6.07) is 0. The van der Waals surface area contributed by atoms with E-state index in [1.54, 1.807) is 0 Å². The summed E-state index contributed by atoms with van der Waals surface area (Å²) in [6.45, 7) is 4.43. The van der Waals surface area contributed by atoms with Crippen molar-refractivity contribution in [3.05, 3.63) is 23.5 Å². The summed E-state index contributed by atoms with van der Waals surface area (Å²) in [7, 11) is 0. The summed E-state index contributed by atoms with van der Waals surface area (Å²) in [5, 5.41) is 0. The first-order valence-corrected chi connectivity index (χ1v) is 3.93. The highest BCUT2D eigenvalue weighted by atomic mass is 14.7. The topological polar surface area (TPSA) is 52.0 Å². The molecule has 2 heteroatoms. The van der Waals surface area contributed by atoms with Gasteiger partial charge in [0.1, 0.15) is 0 Å². The van der Waals surface area contributed by atoms with Crippen LogP contribution in [-0.2, 0) is 0 Å². The van der Waals surface area contributed by atoms with Gasteiger partial charge in [0.25, 0.3) is 0 Å². The minimum Gasteiger partial charge on any atom is -0.397 e. The molecule has 0 atom stereocenters. The van der Waals surface area contributed by atoms with Gasteiger partial charge in [0, 0.05) is 0 Å². The van der Waals surface area contributed by atoms with Gasteiger partial charge in [0.15, 0.2) is 0 Å². The van der Waals surface area contributed by atoms with Crippen LogP contribution in [-0.4, -0.2) is 0 Å². The Morgan fingerprint density at radius 1 is 1.09 bits per heavy atom. The van der Waals surface area contributed by atoms with Gasteiger partial charge in [-0.3, -0.25) is 0 Å². The largest absolute Gasteiger partial charge is 0.397 e. The molecule has 1 aliphatic carbocycles. The second-order valence-corrected chi connectivity index (χ2v) is 3.89. The van der Waals surface area contributed by atoms with Gasteiger partial charge in [0.2, 0.25) is 0 Å². The van der Waals surface area contributed by atoms with Crippen molar-refractivity contribution in [2.75, 3.05) is 0 Å². The molecule has 4 N–H and O–H groups in total. The molecule has 1 rings (SSSR count). The number of nitrogens with two attached hydrogens (primary N) is 2. The molecule has 0 fully saturated rings. The van der Waals surface area contributed by atoms with Gasteiger partial charge in [-0.25, -0.2) is 0 Å². The van der Waals surface area contributed by atoms with Crippen LogP contribution in [0, 0.1) is 5.41 Å². The Balaban J connectivity index is 2.84. The fourth-order valence-corrected chi connectivity index (χ4v) is 1.09. The van der Waals surface area contributed by atoms with Gasteiger partial charge in [-0.2, -0.15) is 0 Å². The van der Waals surface area contributed by atoms with E-state index in [9.17, 15) is 0 Å². The SMILES string of the molecule is CC1(C)CC=C(N)C(N)=CC1. The molecule has 0 amide bonds. The molecule has 0 saturated heterocycles. The van der Waals surface area contributed by atoms with Crippen molar-refractivity contribution in [2.45, 2.75) is 26.7 Å². The minimum absolute atomic E-state index is 0.311. The summed E-state index contributed by atoms with van der Waals surface area (Å²) in [5.74, 6) is 0. The third kappa shape index (κ3) is 2.00. The predicted molar refractivity (Wildman–Crippen MR) is 47.6 cm³/mol. The van der Waals surface area contributed by atoms with Crippen LogP contribution < -0.4 is 11.5 Å². The van der Waals surface area contributed by atoms with Gasteiger partial charge >= 0.3 is 0 Å². The molecule has 11 heavy (non-hydrogen) atoms. The van der Waals surface area contributed by atoms with Crippen molar-refractivity contribution in [1.29, 1.82) is 0 Å². The predicted octanol–water partition coefficient (Wildman–Crippen LogP) is 1.49. The molecule has 0 aromatic carbocycles. The maximum Gasteiger partial charge on any atom is 0.0504 e. The molecule has 0 aliphatic heterocycles. The highest BCUT2D eigenvalue weighted by Crippen LogP contribution is 2.29. The molecule has 0 radical (unpaired) electrons. The Labute approximate surface area is 68.0 Å². The van der Waals surface area contributed by atoms with E-state index in [0.29, 0.717) is 5.41 Å². The summed E-state index contributed by atoms with van der Waals surface area (Å²) in [6.07, 6.45) is 6.05. The summed E-state index contributed by atoms with van der Waals surface area (Å²) in [5.41, 5.74) is 13.1. The standard InChI is InChI=1S/C9H16N2/c1-9(2)5-3-7(10)8(11)4-6-9/h3-4H,5-6,10-11H2,1-2H3. The van der Waals surface area contributed by atoms with Gasteiger partial charge in [-0.05, 0) is 18.3 Å². The summed E-state index contributed by atoms with van der Waals surface area (Å²) < 4.78 is 0. The highest BCUT2D eigenvalue weighted by Gasteiger charge is 2.17. The highest BCUT2D eigenvalue weighted by molar-refractivity contribution is 5.27. The van der Waals surface area contributed by atoms with E-state index in [-0.39, 0.29) is 0 Å². The zero-order valence-electron chi connectivity index (χ0n) is 7.22. The van der Waals surface area contributed by atoms with E-state index in [1.165, 1.54) is 0 Å². The molecule has 0 bridgehead atoms. The lowest BCUT2D eigenvalue weighted by Gasteiger charge is -2.18. The lowest BCUT2D eigenvalue weighted by atomic mass is 9.86. The molecular formula is C9H16N2. The number of allylic oxidation sites excluding steroid dienone is 2. The van der Waals surface area contributed by atoms with Crippen LogP contribution in [0.5, 0.6) is 0 Å². The Kier molecular flexibility index (Phi) is 1.94. The quantitative estimate of drug-likeness (QED) is 0.552. The molecule has 0 unspecified atom stereocenters. The average molecular weight is 152 g/mol. The molecule has 0 aromatic rings. The van der Waals surface area contributed by atoms with Gasteiger partial charge in [-0.15, -0.1) is 0 Å². The number of rotatable bonds is 0. The van der Waals surface area contributed by atoms with Crippen LogP contribution in [0.2, 0.25) is 0 Å². The van der Waals surface area contributed by atoms with E-state index in [2.05, 4.69) is 13.8 Å². The fraction of sp³-hybridized carbons (Fsp3) is 0.556. The molecule has 0 heterocycles. The number of hydrogen-bond acceptors (Lipinski definition) is 2. The van der Waals surface area contributed by atoms with Gasteiger partial charge in [-0.1, -0.05) is 26.0 Å². The van der Waals surface area contributed by atoms with Crippen molar-refractivity contribution in [2.24, 2.45) is 16.9 Å². The van der Waals surface area contributed by atoms with Crippen molar-refractivity contribution in [3.63, 3.8) is 0 Å². The summed E-state index contributed by atoms with van der Waals surface area (Å²) >= 11 is 0. The normalized spacial score (nSPS) is 23.5. The van der Waals surface area contributed by atoms with Gasteiger partial charge < -0.3 is 11.5 Å². The zero-order valence-corrected chi connectivity index (χ0v) is 7.22. The summed E-state index contributed by atoms with van der Waals surface area (Å²) in [4.78, 5) is 0. The molecule has 0 aromatic heterocycles. The Morgan fingerprint density at radius 3 is 1.82 bits per heavy atom. The zero-order chi connectivity index (χ0) is 8.48. The molecule has 2 nitrogen and oxygen atoms in total. The first-order chi connectivity index (χ1) is 5.01. The van der Waals surface area contributed by atoms with Crippen molar-refractivity contribution in [3.8, 4) is 0 Å². The minimum atomic E-state index is 0.311. The van der Waals surface area contributed by atoms with E-state index in [1.807, 2.05) is 12.2 Å². The Morgan fingerprint density at radius 2 is 1.45 bits per heavy atom. The molecule has 0 saturated carbocycles. The van der Waals surface area contributed by atoms with Crippen molar-refractivity contribution < 1.29 is 0 Å². The van der Waals surface area contributed by atoms with Crippen LogP contribution in [0.3, 0.4) is 0 Å². The first-order valence-electron chi connectivity index (χ1n) is 3.93. The van der Waals surface area contributed by atoms with E-state index in [0.717, 1.165) is 24.2 Å². The van der Waals surface area contributed by atoms with Crippen LogP contribution in [0.15, 0.2) is 23.5 Å². The van der Waals surface area contributed by atoms with E-state index < -0.39 is 0 Å². The maximum atomic E-state index is 5.67. The first kappa shape index (κ1) is 8.18. The number of hydrogen-bond donors (Lipinski definition) is 2. The molecule has 62 valence electrons. The fourth-order valence-electron chi connectivity index (χ4n) is 1.09. The van der Waals surface area contributed by atoms with Crippen LogP contribution in [0.4, 0.5) is 0 Å². The van der Waals surface area contributed by atoms with Crippen LogP contribution in [0.25, 0.3) is 0 Å².